The van der Waals surface area contributed by atoms with Crippen molar-refractivity contribution in [2.45, 2.75) is 68.7 Å². The summed E-state index contributed by atoms with van der Waals surface area (Å²) in [6.45, 7) is 1.55. The van der Waals surface area contributed by atoms with Gasteiger partial charge in [-0.1, -0.05) is 24.6 Å². The first-order chi connectivity index (χ1) is 11.3. The Morgan fingerprint density at radius 2 is 2.09 bits per heavy atom. The van der Waals surface area contributed by atoms with Crippen LogP contribution >= 0.6 is 11.8 Å². The van der Waals surface area contributed by atoms with E-state index in [0.717, 1.165) is 24.7 Å². The third-order valence-electron chi connectivity index (χ3n) is 4.60. The number of carbonyl (C=O) groups is 1. The summed E-state index contributed by atoms with van der Waals surface area (Å²) in [4.78, 5) is 14.9. The first kappa shape index (κ1) is 16.8. The average Bonchev–Trinajstić information content (AvgIpc) is 3.05. The molecule has 0 atom stereocenters. The van der Waals surface area contributed by atoms with Gasteiger partial charge >= 0.3 is 0 Å². The number of aromatic nitrogens is 3. The van der Waals surface area contributed by atoms with Crippen molar-refractivity contribution in [3.8, 4) is 0 Å². The van der Waals surface area contributed by atoms with Gasteiger partial charge in [-0.05, 0) is 32.1 Å². The molecule has 0 radical (unpaired) electrons. The van der Waals surface area contributed by atoms with Gasteiger partial charge in [0.05, 0.1) is 5.75 Å². The predicted octanol–water partition coefficient (Wildman–Crippen LogP) is 2.34. The molecule has 0 saturated heterocycles. The molecule has 1 amide bonds. The molecule has 3 rings (SSSR count). The Kier molecular flexibility index (Phi) is 5.94. The molecule has 2 fully saturated rings. The van der Waals surface area contributed by atoms with Crippen molar-refractivity contribution in [3.63, 3.8) is 0 Å². The van der Waals surface area contributed by atoms with E-state index in [4.69, 9.17) is 4.74 Å². The predicted molar refractivity (Wildman–Crippen MR) is 89.4 cm³/mol. The molecule has 0 aliphatic heterocycles. The van der Waals surface area contributed by atoms with Crippen LogP contribution in [0.15, 0.2) is 11.5 Å². The maximum atomic E-state index is 12.7. The fourth-order valence-corrected chi connectivity index (χ4v) is 4.14. The lowest BCUT2D eigenvalue weighted by Crippen LogP contribution is -2.41. The number of rotatable bonds is 9. The van der Waals surface area contributed by atoms with E-state index in [9.17, 15) is 4.79 Å². The van der Waals surface area contributed by atoms with Crippen LogP contribution in [0.2, 0.25) is 0 Å². The summed E-state index contributed by atoms with van der Waals surface area (Å²) in [5.74, 6) is 0.742. The molecule has 0 N–H and O–H groups in total. The SMILES string of the molecule is COCCCn1cnnc1SCC(=O)N(C1CCCC1)C1CC1. The minimum absolute atomic E-state index is 0.274. The number of hydrogen-bond donors (Lipinski definition) is 0. The maximum absolute atomic E-state index is 12.7. The van der Waals surface area contributed by atoms with Crippen LogP contribution < -0.4 is 0 Å². The van der Waals surface area contributed by atoms with Crippen LogP contribution in [-0.2, 0) is 16.1 Å². The Morgan fingerprint density at radius 1 is 1.35 bits per heavy atom. The van der Waals surface area contributed by atoms with Gasteiger partial charge in [0.25, 0.3) is 0 Å². The van der Waals surface area contributed by atoms with Gasteiger partial charge in [0.2, 0.25) is 5.91 Å². The maximum Gasteiger partial charge on any atom is 0.233 e. The monoisotopic (exact) mass is 338 g/mol. The smallest absolute Gasteiger partial charge is 0.233 e. The Bertz CT molecular complexity index is 512. The van der Waals surface area contributed by atoms with Crippen molar-refractivity contribution in [2.24, 2.45) is 0 Å². The quantitative estimate of drug-likeness (QED) is 0.511. The van der Waals surface area contributed by atoms with Gasteiger partial charge in [0.1, 0.15) is 6.33 Å². The largest absolute Gasteiger partial charge is 0.385 e. The second kappa shape index (κ2) is 8.15. The second-order valence-electron chi connectivity index (χ2n) is 6.41. The molecular weight excluding hydrogens is 312 g/mol. The fourth-order valence-electron chi connectivity index (χ4n) is 3.33. The molecule has 0 bridgehead atoms. The molecule has 6 nitrogen and oxygen atoms in total. The Balaban J connectivity index is 1.52. The van der Waals surface area contributed by atoms with E-state index in [2.05, 4.69) is 15.1 Å². The van der Waals surface area contributed by atoms with Crippen molar-refractivity contribution in [1.29, 1.82) is 0 Å². The first-order valence-electron chi connectivity index (χ1n) is 8.60. The molecule has 1 heterocycles. The highest BCUT2D eigenvalue weighted by Crippen LogP contribution is 2.35. The Hall–Kier alpha value is -1.08. The van der Waals surface area contributed by atoms with E-state index in [1.807, 2.05) is 4.57 Å². The molecular formula is C16H26N4O2S. The number of nitrogens with zero attached hydrogens (tertiary/aromatic N) is 4. The van der Waals surface area contributed by atoms with E-state index >= 15 is 0 Å². The summed E-state index contributed by atoms with van der Waals surface area (Å²) in [5.41, 5.74) is 0. The van der Waals surface area contributed by atoms with Gasteiger partial charge in [-0.2, -0.15) is 0 Å². The average molecular weight is 338 g/mol. The van der Waals surface area contributed by atoms with Gasteiger partial charge in [0.15, 0.2) is 5.16 Å². The molecule has 23 heavy (non-hydrogen) atoms. The number of thioether (sulfide) groups is 1. The summed E-state index contributed by atoms with van der Waals surface area (Å²) >= 11 is 1.51. The summed E-state index contributed by atoms with van der Waals surface area (Å²) in [6.07, 6.45) is 9.91. The zero-order chi connectivity index (χ0) is 16.1. The number of amides is 1. The summed E-state index contributed by atoms with van der Waals surface area (Å²) in [5, 5.41) is 8.95. The third-order valence-corrected chi connectivity index (χ3v) is 5.56. The number of carbonyl (C=O) groups excluding carboxylic acids is 1. The minimum Gasteiger partial charge on any atom is -0.385 e. The molecule has 128 valence electrons. The lowest BCUT2D eigenvalue weighted by molar-refractivity contribution is -0.131. The lowest BCUT2D eigenvalue weighted by Gasteiger charge is -2.29. The van der Waals surface area contributed by atoms with E-state index in [-0.39, 0.29) is 5.91 Å². The Labute approximate surface area is 142 Å². The van der Waals surface area contributed by atoms with E-state index < -0.39 is 0 Å². The molecule has 7 heteroatoms. The second-order valence-corrected chi connectivity index (χ2v) is 7.35. The van der Waals surface area contributed by atoms with Crippen molar-refractivity contribution in [1.82, 2.24) is 19.7 Å². The van der Waals surface area contributed by atoms with Gasteiger partial charge in [0, 0.05) is 32.3 Å². The van der Waals surface area contributed by atoms with Crippen LogP contribution in [0.3, 0.4) is 0 Å². The van der Waals surface area contributed by atoms with E-state index in [1.54, 1.807) is 13.4 Å². The summed E-state index contributed by atoms with van der Waals surface area (Å²) in [7, 11) is 1.70. The number of aryl methyl sites for hydroxylation is 1. The van der Waals surface area contributed by atoms with Gasteiger partial charge in [-0.25, -0.2) is 0 Å². The van der Waals surface area contributed by atoms with Gasteiger partial charge in [-0.15, -0.1) is 10.2 Å². The van der Waals surface area contributed by atoms with Crippen molar-refractivity contribution < 1.29 is 9.53 Å². The molecule has 0 unspecified atom stereocenters. The van der Waals surface area contributed by atoms with Crippen molar-refractivity contribution in [3.05, 3.63) is 6.33 Å². The van der Waals surface area contributed by atoms with Crippen LogP contribution in [0.4, 0.5) is 0 Å². The molecule has 1 aromatic rings. The van der Waals surface area contributed by atoms with Crippen LogP contribution in [0.1, 0.15) is 44.9 Å². The van der Waals surface area contributed by atoms with Crippen molar-refractivity contribution >= 4 is 17.7 Å². The van der Waals surface area contributed by atoms with E-state index in [1.165, 1.54) is 50.3 Å². The zero-order valence-corrected chi connectivity index (χ0v) is 14.6. The molecule has 2 aliphatic carbocycles. The fraction of sp³-hybridized carbons (Fsp3) is 0.812. The normalized spacial score (nSPS) is 18.5. The highest BCUT2D eigenvalue weighted by atomic mass is 32.2. The summed E-state index contributed by atoms with van der Waals surface area (Å²) in [6, 6.07) is 0.987. The van der Waals surface area contributed by atoms with Crippen LogP contribution in [0.25, 0.3) is 0 Å². The number of ether oxygens (including phenoxy) is 1. The summed E-state index contributed by atoms with van der Waals surface area (Å²) < 4.78 is 7.09. The van der Waals surface area contributed by atoms with Crippen LogP contribution in [0, 0.1) is 0 Å². The van der Waals surface area contributed by atoms with Gasteiger partial charge < -0.3 is 14.2 Å². The molecule has 0 spiro atoms. The standard InChI is InChI=1S/C16H26N4O2S/c1-22-10-4-9-19-12-17-18-16(19)23-11-15(21)20(14-7-8-14)13-5-2-3-6-13/h12-14H,2-11H2,1H3. The van der Waals surface area contributed by atoms with Crippen molar-refractivity contribution in [2.75, 3.05) is 19.5 Å². The molecule has 1 aromatic heterocycles. The highest BCUT2D eigenvalue weighted by Gasteiger charge is 2.38. The molecule has 0 aromatic carbocycles. The topological polar surface area (TPSA) is 60.2 Å². The van der Waals surface area contributed by atoms with Crippen LogP contribution in [-0.4, -0.2) is 57.1 Å². The van der Waals surface area contributed by atoms with E-state index in [0.29, 0.717) is 17.8 Å². The first-order valence-corrected chi connectivity index (χ1v) is 9.59. The number of hydrogen-bond acceptors (Lipinski definition) is 5. The third kappa shape index (κ3) is 4.47. The Morgan fingerprint density at radius 3 is 2.78 bits per heavy atom. The highest BCUT2D eigenvalue weighted by molar-refractivity contribution is 7.99. The van der Waals surface area contributed by atoms with Gasteiger partial charge in [-0.3, -0.25) is 4.79 Å². The molecule has 2 aliphatic rings. The lowest BCUT2D eigenvalue weighted by atomic mass is 10.2. The zero-order valence-electron chi connectivity index (χ0n) is 13.8. The van der Waals surface area contributed by atoms with Crippen LogP contribution in [0.5, 0.6) is 0 Å². The number of methoxy groups -OCH3 is 1. The minimum atomic E-state index is 0.274. The molecule has 2 saturated carbocycles.